The van der Waals surface area contributed by atoms with Crippen LogP contribution in [0.5, 0.6) is 0 Å². The smallest absolute Gasteiger partial charge is 0.197 e. The van der Waals surface area contributed by atoms with Crippen molar-refractivity contribution < 1.29 is 9.21 Å². The van der Waals surface area contributed by atoms with E-state index in [1.54, 1.807) is 6.26 Å². The van der Waals surface area contributed by atoms with Crippen LogP contribution in [-0.2, 0) is 0 Å². The summed E-state index contributed by atoms with van der Waals surface area (Å²) in [6.07, 6.45) is 1.56. The van der Waals surface area contributed by atoms with Crippen molar-refractivity contribution in [2.45, 2.75) is 20.8 Å². The number of fused-ring (bicyclic) bond motifs is 1. The number of hydrogen-bond donors (Lipinski definition) is 0. The van der Waals surface area contributed by atoms with E-state index in [2.05, 4.69) is 13.0 Å². The first-order valence-corrected chi connectivity index (χ1v) is 6.66. The molecule has 3 aromatic rings. The minimum Gasteiger partial charge on any atom is -0.464 e. The molecule has 0 aliphatic rings. The van der Waals surface area contributed by atoms with Gasteiger partial charge in [-0.25, -0.2) is 0 Å². The van der Waals surface area contributed by atoms with Gasteiger partial charge in [-0.15, -0.1) is 0 Å². The quantitative estimate of drug-likeness (QED) is 0.634. The predicted molar refractivity (Wildman–Crippen MR) is 80.3 cm³/mol. The summed E-state index contributed by atoms with van der Waals surface area (Å²) in [5, 5.41) is 0.870. The van der Waals surface area contributed by atoms with Crippen molar-refractivity contribution in [1.29, 1.82) is 0 Å². The number of para-hydroxylation sites is 1. The van der Waals surface area contributed by atoms with Crippen molar-refractivity contribution in [3.05, 3.63) is 70.5 Å². The van der Waals surface area contributed by atoms with Crippen LogP contribution >= 0.6 is 0 Å². The van der Waals surface area contributed by atoms with Gasteiger partial charge in [0.15, 0.2) is 5.78 Å². The fourth-order valence-corrected chi connectivity index (χ4v) is 2.50. The second-order valence-corrected chi connectivity index (χ2v) is 5.23. The molecule has 0 radical (unpaired) electrons. The SMILES string of the molecule is Cc1cc(C)c(C(=O)c2coc3ccccc23)cc1C. The molecule has 1 heterocycles. The number of rotatable bonds is 2. The molecule has 1 aromatic heterocycles. The molecule has 0 saturated carbocycles. The largest absolute Gasteiger partial charge is 0.464 e. The Morgan fingerprint density at radius 3 is 2.40 bits per heavy atom. The van der Waals surface area contributed by atoms with E-state index in [4.69, 9.17) is 4.42 Å². The Balaban J connectivity index is 2.16. The molecule has 2 heteroatoms. The first-order chi connectivity index (χ1) is 9.58. The number of benzene rings is 2. The summed E-state index contributed by atoms with van der Waals surface area (Å²) >= 11 is 0. The molecule has 0 spiro atoms. The van der Waals surface area contributed by atoms with E-state index >= 15 is 0 Å². The van der Waals surface area contributed by atoms with Crippen LogP contribution in [0.4, 0.5) is 0 Å². The van der Waals surface area contributed by atoms with Crippen LogP contribution in [0, 0.1) is 20.8 Å². The van der Waals surface area contributed by atoms with Crippen molar-refractivity contribution in [1.82, 2.24) is 0 Å². The third-order valence-electron chi connectivity index (χ3n) is 3.81. The maximum atomic E-state index is 12.7. The van der Waals surface area contributed by atoms with E-state index < -0.39 is 0 Å². The number of carbonyl (C=O) groups is 1. The van der Waals surface area contributed by atoms with Crippen LogP contribution in [0.2, 0.25) is 0 Å². The van der Waals surface area contributed by atoms with Crippen molar-refractivity contribution in [3.63, 3.8) is 0 Å². The Morgan fingerprint density at radius 2 is 1.60 bits per heavy atom. The average Bonchev–Trinajstić information content (AvgIpc) is 2.86. The molecule has 0 amide bonds. The summed E-state index contributed by atoms with van der Waals surface area (Å²) in [6, 6.07) is 11.6. The molecule has 0 fully saturated rings. The molecule has 3 rings (SSSR count). The molecule has 0 aliphatic heterocycles. The Bertz CT molecular complexity index is 809. The summed E-state index contributed by atoms with van der Waals surface area (Å²) < 4.78 is 5.46. The van der Waals surface area contributed by atoms with Gasteiger partial charge in [0.25, 0.3) is 0 Å². The zero-order chi connectivity index (χ0) is 14.3. The number of furan rings is 1. The summed E-state index contributed by atoms with van der Waals surface area (Å²) in [7, 11) is 0. The van der Waals surface area contributed by atoms with Gasteiger partial charge in [0.2, 0.25) is 0 Å². The Morgan fingerprint density at radius 1 is 0.900 bits per heavy atom. The van der Waals surface area contributed by atoms with Gasteiger partial charge in [-0.2, -0.15) is 0 Å². The molecule has 2 aromatic carbocycles. The van der Waals surface area contributed by atoms with Crippen LogP contribution in [0.15, 0.2) is 47.1 Å². The summed E-state index contributed by atoms with van der Waals surface area (Å²) in [6.45, 7) is 6.06. The molecule has 0 N–H and O–H groups in total. The Labute approximate surface area is 118 Å². The molecule has 0 aliphatic carbocycles. The highest BCUT2D eigenvalue weighted by atomic mass is 16.3. The lowest BCUT2D eigenvalue weighted by atomic mass is 9.94. The Kier molecular flexibility index (Phi) is 2.94. The maximum Gasteiger partial charge on any atom is 0.197 e. The Hall–Kier alpha value is -2.35. The van der Waals surface area contributed by atoms with E-state index in [-0.39, 0.29) is 5.78 Å². The zero-order valence-corrected chi connectivity index (χ0v) is 11.9. The van der Waals surface area contributed by atoms with Crippen molar-refractivity contribution >= 4 is 16.8 Å². The molecule has 2 nitrogen and oxygen atoms in total. The normalized spacial score (nSPS) is 10.9. The topological polar surface area (TPSA) is 30.2 Å². The van der Waals surface area contributed by atoms with Gasteiger partial charge in [-0.3, -0.25) is 4.79 Å². The van der Waals surface area contributed by atoms with Crippen LogP contribution in [0.3, 0.4) is 0 Å². The van der Waals surface area contributed by atoms with E-state index in [1.807, 2.05) is 44.2 Å². The van der Waals surface area contributed by atoms with Gasteiger partial charge in [0, 0.05) is 10.9 Å². The molecular weight excluding hydrogens is 248 g/mol. The van der Waals surface area contributed by atoms with Gasteiger partial charge in [0.1, 0.15) is 11.8 Å². The van der Waals surface area contributed by atoms with Gasteiger partial charge in [0.05, 0.1) is 5.56 Å². The summed E-state index contributed by atoms with van der Waals surface area (Å²) in [5.74, 6) is 0.0237. The average molecular weight is 264 g/mol. The monoisotopic (exact) mass is 264 g/mol. The second-order valence-electron chi connectivity index (χ2n) is 5.23. The van der Waals surface area contributed by atoms with Crippen LogP contribution in [0.1, 0.15) is 32.6 Å². The number of hydrogen-bond acceptors (Lipinski definition) is 2. The van der Waals surface area contributed by atoms with E-state index in [9.17, 15) is 4.79 Å². The first-order valence-electron chi connectivity index (χ1n) is 6.66. The molecule has 0 unspecified atom stereocenters. The van der Waals surface area contributed by atoms with Gasteiger partial charge in [-0.05, 0) is 49.6 Å². The molecular formula is C18H16O2. The lowest BCUT2D eigenvalue weighted by molar-refractivity contribution is 0.103. The fourth-order valence-electron chi connectivity index (χ4n) is 2.50. The van der Waals surface area contributed by atoms with Crippen molar-refractivity contribution in [2.24, 2.45) is 0 Å². The summed E-state index contributed by atoms with van der Waals surface area (Å²) in [5.41, 5.74) is 5.47. The maximum absolute atomic E-state index is 12.7. The third kappa shape index (κ3) is 1.94. The molecule has 0 atom stereocenters. The molecule has 100 valence electrons. The van der Waals surface area contributed by atoms with Crippen molar-refractivity contribution in [3.8, 4) is 0 Å². The number of ketones is 1. The zero-order valence-electron chi connectivity index (χ0n) is 11.9. The predicted octanol–water partition coefficient (Wildman–Crippen LogP) is 4.59. The fraction of sp³-hybridized carbons (Fsp3) is 0.167. The standard InChI is InChI=1S/C18H16O2/c1-11-8-13(3)15(9-12(11)2)18(19)16-10-20-17-7-5-4-6-14(16)17/h4-10H,1-3H3. The van der Waals surface area contributed by atoms with Crippen LogP contribution in [0.25, 0.3) is 11.0 Å². The van der Waals surface area contributed by atoms with E-state index in [1.165, 1.54) is 5.56 Å². The lowest BCUT2D eigenvalue weighted by Gasteiger charge is -2.08. The van der Waals surface area contributed by atoms with Gasteiger partial charge in [-0.1, -0.05) is 24.3 Å². The van der Waals surface area contributed by atoms with Crippen LogP contribution in [-0.4, -0.2) is 5.78 Å². The minimum atomic E-state index is 0.0237. The molecule has 0 saturated heterocycles. The number of carbonyl (C=O) groups excluding carboxylic acids is 1. The van der Waals surface area contributed by atoms with Gasteiger partial charge < -0.3 is 4.42 Å². The van der Waals surface area contributed by atoms with E-state index in [0.717, 1.165) is 27.7 Å². The second kappa shape index (κ2) is 4.64. The minimum absolute atomic E-state index is 0.0237. The highest BCUT2D eigenvalue weighted by Gasteiger charge is 2.17. The molecule has 0 bridgehead atoms. The third-order valence-corrected chi connectivity index (χ3v) is 3.81. The highest BCUT2D eigenvalue weighted by Crippen LogP contribution is 2.25. The summed E-state index contributed by atoms with van der Waals surface area (Å²) in [4.78, 5) is 12.7. The van der Waals surface area contributed by atoms with E-state index in [0.29, 0.717) is 5.56 Å². The highest BCUT2D eigenvalue weighted by molar-refractivity contribution is 6.16. The lowest BCUT2D eigenvalue weighted by Crippen LogP contribution is -2.04. The first kappa shape index (κ1) is 12.7. The van der Waals surface area contributed by atoms with Crippen molar-refractivity contribution in [2.75, 3.05) is 0 Å². The van der Waals surface area contributed by atoms with Crippen LogP contribution < -0.4 is 0 Å². The van der Waals surface area contributed by atoms with Gasteiger partial charge >= 0.3 is 0 Å². The number of aryl methyl sites for hydroxylation is 3. The molecule has 20 heavy (non-hydrogen) atoms.